The van der Waals surface area contributed by atoms with E-state index >= 15 is 0 Å². The van der Waals surface area contributed by atoms with Gasteiger partial charge in [-0.25, -0.2) is 4.79 Å². The van der Waals surface area contributed by atoms with Gasteiger partial charge in [0.1, 0.15) is 24.2 Å². The number of aliphatic carboxylic acids is 1. The molecule has 0 fully saturated rings. The summed E-state index contributed by atoms with van der Waals surface area (Å²) < 4.78 is 0. The van der Waals surface area contributed by atoms with Gasteiger partial charge in [0, 0.05) is 49.1 Å². The molecule has 2 aliphatic rings. The molecule has 5 aromatic rings. The zero-order chi connectivity index (χ0) is 40.1. The second kappa shape index (κ2) is 19.3. The van der Waals surface area contributed by atoms with Crippen molar-refractivity contribution in [2.75, 3.05) is 5.32 Å². The van der Waals surface area contributed by atoms with Gasteiger partial charge in [-0.15, -0.1) is 11.3 Å². The Hall–Kier alpha value is -6.60. The second-order valence-corrected chi connectivity index (χ2v) is 14.9. The minimum Gasteiger partial charge on any atom is -0.480 e. The van der Waals surface area contributed by atoms with Crippen molar-refractivity contribution < 1.29 is 33.9 Å². The highest BCUT2D eigenvalue weighted by Gasteiger charge is 2.32. The molecule has 0 saturated heterocycles. The van der Waals surface area contributed by atoms with E-state index in [1.807, 2.05) is 78.2 Å². The first-order valence-corrected chi connectivity index (χ1v) is 19.5. The Kier molecular flexibility index (Phi) is 13.6. The van der Waals surface area contributed by atoms with Gasteiger partial charge in [0.05, 0.1) is 0 Å². The molecule has 0 saturated carbocycles. The molecule has 4 atom stereocenters. The van der Waals surface area contributed by atoms with Crippen molar-refractivity contribution in [1.29, 1.82) is 0 Å². The van der Waals surface area contributed by atoms with Crippen molar-refractivity contribution in [3.05, 3.63) is 148 Å². The van der Waals surface area contributed by atoms with E-state index in [1.54, 1.807) is 48.5 Å². The maximum absolute atomic E-state index is 14.4. The lowest BCUT2D eigenvalue weighted by Crippen LogP contribution is -2.59. The van der Waals surface area contributed by atoms with Crippen molar-refractivity contribution in [2.45, 2.75) is 62.7 Å². The van der Waals surface area contributed by atoms with Gasteiger partial charge in [-0.1, -0.05) is 103 Å². The van der Waals surface area contributed by atoms with Gasteiger partial charge >= 0.3 is 5.97 Å². The minimum absolute atomic E-state index is 0.0275. The van der Waals surface area contributed by atoms with Crippen molar-refractivity contribution >= 4 is 52.5 Å². The van der Waals surface area contributed by atoms with E-state index in [1.165, 1.54) is 11.3 Å². The fourth-order valence-electron chi connectivity index (χ4n) is 6.50. The molecule has 12 nitrogen and oxygen atoms in total. The summed E-state index contributed by atoms with van der Waals surface area (Å²) in [5, 5.41) is 25.7. The number of rotatable bonds is 8. The number of thiophene rings is 1. The van der Waals surface area contributed by atoms with E-state index in [0.717, 1.165) is 16.0 Å². The number of carboxylic acid groups (broad SMARTS) is 1. The average Bonchev–Trinajstić information content (AvgIpc) is 3.73. The molecule has 0 radical (unpaired) electrons. The fraction of sp³-hybridized carbons (Fsp3) is 0.227. The Labute approximate surface area is 334 Å². The van der Waals surface area contributed by atoms with Gasteiger partial charge in [0.25, 0.3) is 0 Å². The molecule has 2 aliphatic heterocycles. The molecule has 4 aromatic carbocycles. The molecule has 3 heterocycles. The Morgan fingerprint density at radius 3 is 1.70 bits per heavy atom. The number of carbonyl (C=O) groups is 6. The van der Waals surface area contributed by atoms with Gasteiger partial charge in [0.15, 0.2) is 0 Å². The van der Waals surface area contributed by atoms with Crippen LogP contribution in [0.1, 0.15) is 34.4 Å². The molecule has 2 bridgehead atoms. The molecule has 6 N–H and O–H groups in total. The van der Waals surface area contributed by atoms with Crippen LogP contribution in [0.5, 0.6) is 0 Å². The van der Waals surface area contributed by atoms with Crippen molar-refractivity contribution in [1.82, 2.24) is 21.3 Å². The molecular weight excluding hydrogens is 743 g/mol. The van der Waals surface area contributed by atoms with E-state index in [0.29, 0.717) is 22.4 Å². The molecule has 0 aliphatic carbocycles. The number of fused-ring (bicyclic) bond motifs is 18. The minimum atomic E-state index is -1.35. The number of nitrogens with one attached hydrogen (secondary N) is 5. The zero-order valence-corrected chi connectivity index (χ0v) is 31.8. The molecule has 292 valence electrons. The van der Waals surface area contributed by atoms with Crippen molar-refractivity contribution in [2.24, 2.45) is 0 Å². The maximum Gasteiger partial charge on any atom is 0.326 e. The van der Waals surface area contributed by atoms with Gasteiger partial charge in [-0.3, -0.25) is 24.0 Å². The first-order valence-electron chi connectivity index (χ1n) is 18.6. The van der Waals surface area contributed by atoms with Gasteiger partial charge in [0.2, 0.25) is 29.5 Å². The lowest BCUT2D eigenvalue weighted by atomic mass is 9.99. The third-order valence-corrected chi connectivity index (χ3v) is 10.5. The normalized spacial score (nSPS) is 19.9. The number of benzene rings is 4. The summed E-state index contributed by atoms with van der Waals surface area (Å²) in [7, 11) is 0. The van der Waals surface area contributed by atoms with E-state index in [4.69, 9.17) is 0 Å². The van der Waals surface area contributed by atoms with Crippen LogP contribution in [-0.4, -0.2) is 64.8 Å². The summed E-state index contributed by atoms with van der Waals surface area (Å²) in [5.74, 6) is -4.28. The Morgan fingerprint density at radius 2 is 1.11 bits per heavy atom. The quantitative estimate of drug-likeness (QED) is 0.126. The lowest BCUT2D eigenvalue weighted by molar-refractivity contribution is -0.142. The van der Waals surface area contributed by atoms with Crippen LogP contribution >= 0.6 is 11.3 Å². The van der Waals surface area contributed by atoms with Crippen LogP contribution in [-0.2, 0) is 54.5 Å². The number of hydrogen-bond donors (Lipinski definition) is 6. The lowest BCUT2D eigenvalue weighted by Gasteiger charge is -2.26. The van der Waals surface area contributed by atoms with Crippen LogP contribution in [0.4, 0.5) is 5.69 Å². The molecule has 13 heteroatoms. The molecule has 0 spiro atoms. The van der Waals surface area contributed by atoms with Crippen LogP contribution in [0.15, 0.2) is 127 Å². The van der Waals surface area contributed by atoms with Crippen LogP contribution in [0.25, 0.3) is 11.1 Å². The molecular formula is C44H43N5O7S. The average molecular weight is 786 g/mol. The predicted octanol–water partition coefficient (Wildman–Crippen LogP) is 4.44. The highest BCUT2D eigenvalue weighted by molar-refractivity contribution is 7.09. The van der Waals surface area contributed by atoms with Gasteiger partial charge in [-0.05, 0) is 51.4 Å². The molecule has 57 heavy (non-hydrogen) atoms. The maximum atomic E-state index is 14.4. The zero-order valence-electron chi connectivity index (χ0n) is 31.0. The van der Waals surface area contributed by atoms with Gasteiger partial charge < -0.3 is 31.7 Å². The Balaban J connectivity index is 1.34. The first-order chi connectivity index (χ1) is 27.6. The molecule has 0 unspecified atom stereocenters. The van der Waals surface area contributed by atoms with Crippen molar-refractivity contribution in [3.8, 4) is 11.1 Å². The highest BCUT2D eigenvalue weighted by Crippen LogP contribution is 2.21. The van der Waals surface area contributed by atoms with Crippen LogP contribution < -0.4 is 26.6 Å². The highest BCUT2D eigenvalue weighted by atomic mass is 32.1. The Morgan fingerprint density at radius 1 is 0.561 bits per heavy atom. The van der Waals surface area contributed by atoms with Crippen LogP contribution in [0.2, 0.25) is 0 Å². The standard InChI is InChI=1S/C44H43N5O7S/c50-39-21-22-40(51)46-37(27-34-12-7-23-57-34)43(54)48-36(25-29-13-17-32(18-14-29)31-10-5-2-6-11-31)41(52)47-35(24-28-8-3-1-4-9-28)42(53)49-38(44(55)56)26-30-15-19-33(45-39)20-16-30/h1-20,23,35-38H,21-22,24-27H2,(H,45,50)(H,46,51)(H,47,52)(H,48,54)(H,49,53)(H,55,56)/t35-,36-,37+,38+/m0/s1. The fourth-order valence-corrected chi connectivity index (χ4v) is 7.25. The summed E-state index contributed by atoms with van der Waals surface area (Å²) in [5.41, 5.74) is 4.40. The van der Waals surface area contributed by atoms with Crippen LogP contribution in [0, 0.1) is 0 Å². The van der Waals surface area contributed by atoms with Crippen LogP contribution in [0.3, 0.4) is 0 Å². The SMILES string of the molecule is O=C1CCC(=O)N[C@H](Cc2cccs2)C(=O)N[C@@H](Cc2ccc(-c3ccccc3)cc2)C(=O)N[C@@H](Cc2ccccc2)C(=O)N[C@@H](C(=O)O)Cc2ccc(cc2)N1. The summed E-state index contributed by atoms with van der Waals surface area (Å²) in [4.78, 5) is 81.8. The second-order valence-electron chi connectivity index (χ2n) is 13.8. The smallest absolute Gasteiger partial charge is 0.326 e. The number of amides is 5. The van der Waals surface area contributed by atoms with E-state index in [2.05, 4.69) is 26.6 Å². The summed E-state index contributed by atoms with van der Waals surface area (Å²) >= 11 is 1.41. The molecule has 5 amide bonds. The number of carbonyl (C=O) groups excluding carboxylic acids is 5. The first kappa shape index (κ1) is 40.1. The monoisotopic (exact) mass is 785 g/mol. The van der Waals surface area contributed by atoms with Gasteiger partial charge in [-0.2, -0.15) is 0 Å². The topological polar surface area (TPSA) is 183 Å². The third kappa shape index (κ3) is 11.7. The summed E-state index contributed by atoms with van der Waals surface area (Å²) in [6.45, 7) is 0. The summed E-state index contributed by atoms with van der Waals surface area (Å²) in [6, 6.07) is 31.5. The van der Waals surface area contributed by atoms with Crippen molar-refractivity contribution in [3.63, 3.8) is 0 Å². The van der Waals surface area contributed by atoms with E-state index in [9.17, 15) is 33.9 Å². The third-order valence-electron chi connectivity index (χ3n) is 9.56. The largest absolute Gasteiger partial charge is 0.480 e. The van der Waals surface area contributed by atoms with E-state index in [-0.39, 0.29) is 38.5 Å². The number of anilines is 1. The predicted molar refractivity (Wildman–Crippen MR) is 217 cm³/mol. The molecule has 1 aromatic heterocycles. The number of carboxylic acids is 1. The molecule has 7 rings (SSSR count). The Bertz CT molecular complexity index is 2160. The summed E-state index contributed by atoms with van der Waals surface area (Å²) in [6.07, 6.45) is -0.261. The number of hydrogen-bond acceptors (Lipinski definition) is 7. The van der Waals surface area contributed by atoms with E-state index < -0.39 is 59.7 Å².